The summed E-state index contributed by atoms with van der Waals surface area (Å²) in [5.41, 5.74) is 2.95. The predicted octanol–water partition coefficient (Wildman–Crippen LogP) is 4.98. The topological polar surface area (TPSA) is 3.24 Å². The Hall–Kier alpha value is -1.24. The highest BCUT2D eigenvalue weighted by molar-refractivity contribution is 5.57. The van der Waals surface area contributed by atoms with E-state index in [0.717, 1.165) is 6.42 Å². The van der Waals surface area contributed by atoms with Crippen LogP contribution >= 0.6 is 0 Å². The molecule has 0 aliphatic carbocycles. The SMILES string of the molecule is C=CN(C)c1ccccc1C(C)(CC)CC(C)C. The van der Waals surface area contributed by atoms with Crippen molar-refractivity contribution in [1.29, 1.82) is 0 Å². The van der Waals surface area contributed by atoms with Crippen molar-refractivity contribution in [3.63, 3.8) is 0 Å². The molecule has 0 amide bonds. The van der Waals surface area contributed by atoms with Gasteiger partial charge in [-0.15, -0.1) is 0 Å². The van der Waals surface area contributed by atoms with Gasteiger partial charge in [-0.3, -0.25) is 0 Å². The van der Waals surface area contributed by atoms with Crippen molar-refractivity contribution in [2.24, 2.45) is 5.92 Å². The second-order valence-electron chi connectivity index (χ2n) is 5.82. The van der Waals surface area contributed by atoms with Crippen LogP contribution in [-0.4, -0.2) is 7.05 Å². The van der Waals surface area contributed by atoms with Gasteiger partial charge in [0.15, 0.2) is 0 Å². The van der Waals surface area contributed by atoms with E-state index in [4.69, 9.17) is 0 Å². The average molecular weight is 245 g/mol. The van der Waals surface area contributed by atoms with Crippen LogP contribution in [0.5, 0.6) is 0 Å². The molecule has 0 fully saturated rings. The molecule has 0 N–H and O–H groups in total. The Balaban J connectivity index is 3.24. The van der Waals surface area contributed by atoms with E-state index in [1.165, 1.54) is 17.7 Å². The molecule has 1 nitrogen and oxygen atoms in total. The van der Waals surface area contributed by atoms with Crippen molar-refractivity contribution in [2.45, 2.75) is 46.0 Å². The van der Waals surface area contributed by atoms with E-state index in [2.05, 4.69) is 70.5 Å². The Bertz CT molecular complexity index is 394. The standard InChI is InChI=1S/C17H27N/c1-7-17(5,13-14(3)4)15-11-9-10-12-16(15)18(6)8-2/h8-12,14H,2,7,13H2,1,3-6H3. The highest BCUT2D eigenvalue weighted by Gasteiger charge is 2.28. The predicted molar refractivity (Wildman–Crippen MR) is 82.1 cm³/mol. The Labute approximate surface area is 113 Å². The molecule has 0 radical (unpaired) electrons. The summed E-state index contributed by atoms with van der Waals surface area (Å²) in [4.78, 5) is 2.11. The fraction of sp³-hybridized carbons (Fsp3) is 0.529. The van der Waals surface area contributed by atoms with Gasteiger partial charge in [-0.25, -0.2) is 0 Å². The molecule has 1 atom stereocenters. The number of benzene rings is 1. The first-order valence-corrected chi connectivity index (χ1v) is 6.89. The molecule has 1 aromatic carbocycles. The van der Waals surface area contributed by atoms with E-state index in [9.17, 15) is 0 Å². The van der Waals surface area contributed by atoms with Gasteiger partial charge in [-0.2, -0.15) is 0 Å². The minimum atomic E-state index is 0.238. The fourth-order valence-corrected chi connectivity index (χ4v) is 2.74. The van der Waals surface area contributed by atoms with Crippen molar-refractivity contribution < 1.29 is 0 Å². The van der Waals surface area contributed by atoms with Crippen LogP contribution in [0.2, 0.25) is 0 Å². The molecule has 0 aromatic heterocycles. The lowest BCUT2D eigenvalue weighted by Crippen LogP contribution is -2.26. The molecule has 18 heavy (non-hydrogen) atoms. The van der Waals surface area contributed by atoms with Gasteiger partial charge < -0.3 is 4.90 Å². The van der Waals surface area contributed by atoms with Gasteiger partial charge in [0.1, 0.15) is 0 Å². The van der Waals surface area contributed by atoms with Crippen LogP contribution in [0.3, 0.4) is 0 Å². The molecule has 100 valence electrons. The molecular formula is C17H27N. The van der Waals surface area contributed by atoms with Crippen LogP contribution < -0.4 is 4.90 Å². The monoisotopic (exact) mass is 245 g/mol. The molecule has 0 saturated heterocycles. The lowest BCUT2D eigenvalue weighted by Gasteiger charge is -2.34. The normalized spacial score (nSPS) is 14.3. The summed E-state index contributed by atoms with van der Waals surface area (Å²) < 4.78 is 0. The fourth-order valence-electron chi connectivity index (χ4n) is 2.74. The lowest BCUT2D eigenvalue weighted by molar-refractivity contribution is 0.358. The zero-order valence-corrected chi connectivity index (χ0v) is 12.5. The van der Waals surface area contributed by atoms with Crippen molar-refractivity contribution in [1.82, 2.24) is 0 Å². The maximum absolute atomic E-state index is 3.87. The second-order valence-corrected chi connectivity index (χ2v) is 5.82. The van der Waals surface area contributed by atoms with E-state index in [0.29, 0.717) is 5.92 Å². The number of anilines is 1. The van der Waals surface area contributed by atoms with Gasteiger partial charge in [0.2, 0.25) is 0 Å². The third-order valence-corrected chi connectivity index (χ3v) is 3.85. The molecule has 0 aliphatic heterocycles. The van der Waals surface area contributed by atoms with Crippen LogP contribution in [-0.2, 0) is 5.41 Å². The number of hydrogen-bond acceptors (Lipinski definition) is 1. The van der Waals surface area contributed by atoms with Crippen molar-refractivity contribution in [2.75, 3.05) is 11.9 Å². The van der Waals surface area contributed by atoms with Gasteiger partial charge in [0.25, 0.3) is 0 Å². The summed E-state index contributed by atoms with van der Waals surface area (Å²) >= 11 is 0. The molecule has 1 unspecified atom stereocenters. The van der Waals surface area contributed by atoms with Crippen molar-refractivity contribution in [3.05, 3.63) is 42.6 Å². The van der Waals surface area contributed by atoms with Crippen molar-refractivity contribution in [3.8, 4) is 0 Å². The van der Waals surface area contributed by atoms with Crippen LogP contribution in [0.25, 0.3) is 0 Å². The maximum Gasteiger partial charge on any atom is 0.0441 e. The zero-order valence-electron chi connectivity index (χ0n) is 12.5. The lowest BCUT2D eigenvalue weighted by atomic mass is 9.73. The van der Waals surface area contributed by atoms with Crippen LogP contribution in [0.4, 0.5) is 5.69 Å². The van der Waals surface area contributed by atoms with Gasteiger partial charge in [0, 0.05) is 12.7 Å². The Morgan fingerprint density at radius 3 is 2.44 bits per heavy atom. The largest absolute Gasteiger partial charge is 0.351 e. The number of rotatable bonds is 6. The number of para-hydroxylation sites is 1. The van der Waals surface area contributed by atoms with E-state index in [1.54, 1.807) is 0 Å². The first kappa shape index (κ1) is 14.8. The summed E-state index contributed by atoms with van der Waals surface area (Å²) in [6.45, 7) is 13.1. The Morgan fingerprint density at radius 1 is 1.33 bits per heavy atom. The molecule has 0 saturated carbocycles. The van der Waals surface area contributed by atoms with Crippen LogP contribution in [0.1, 0.15) is 46.1 Å². The summed E-state index contributed by atoms with van der Waals surface area (Å²) in [5.74, 6) is 0.706. The third kappa shape index (κ3) is 3.16. The van der Waals surface area contributed by atoms with E-state index >= 15 is 0 Å². The summed E-state index contributed by atoms with van der Waals surface area (Å²) in [6.07, 6.45) is 4.25. The minimum Gasteiger partial charge on any atom is -0.351 e. The molecule has 1 rings (SSSR count). The van der Waals surface area contributed by atoms with Crippen LogP contribution in [0.15, 0.2) is 37.0 Å². The minimum absolute atomic E-state index is 0.238. The Kier molecular flexibility index (Phi) is 5.01. The summed E-state index contributed by atoms with van der Waals surface area (Å²) in [7, 11) is 2.07. The Morgan fingerprint density at radius 2 is 1.94 bits per heavy atom. The molecule has 0 bridgehead atoms. The maximum atomic E-state index is 3.87. The van der Waals surface area contributed by atoms with Crippen molar-refractivity contribution >= 4 is 5.69 Å². The van der Waals surface area contributed by atoms with Crippen LogP contribution in [0, 0.1) is 5.92 Å². The smallest absolute Gasteiger partial charge is 0.0441 e. The third-order valence-electron chi connectivity index (χ3n) is 3.85. The number of nitrogens with zero attached hydrogens (tertiary/aromatic N) is 1. The summed E-state index contributed by atoms with van der Waals surface area (Å²) in [5, 5.41) is 0. The summed E-state index contributed by atoms with van der Waals surface area (Å²) in [6, 6.07) is 8.70. The van der Waals surface area contributed by atoms with E-state index < -0.39 is 0 Å². The molecular weight excluding hydrogens is 218 g/mol. The first-order chi connectivity index (χ1) is 8.44. The van der Waals surface area contributed by atoms with Gasteiger partial charge in [-0.1, -0.05) is 52.5 Å². The first-order valence-electron chi connectivity index (χ1n) is 6.89. The van der Waals surface area contributed by atoms with E-state index in [1.807, 2.05) is 6.20 Å². The quantitative estimate of drug-likeness (QED) is 0.683. The van der Waals surface area contributed by atoms with E-state index in [-0.39, 0.29) is 5.41 Å². The highest BCUT2D eigenvalue weighted by Crippen LogP contribution is 2.39. The highest BCUT2D eigenvalue weighted by atomic mass is 15.1. The average Bonchev–Trinajstić information content (AvgIpc) is 2.37. The number of hydrogen-bond donors (Lipinski definition) is 0. The van der Waals surface area contributed by atoms with Gasteiger partial charge >= 0.3 is 0 Å². The molecule has 1 heteroatoms. The van der Waals surface area contributed by atoms with Gasteiger partial charge in [-0.05, 0) is 42.0 Å². The second kappa shape index (κ2) is 6.08. The van der Waals surface area contributed by atoms with Gasteiger partial charge in [0.05, 0.1) is 0 Å². The zero-order chi connectivity index (χ0) is 13.8. The molecule has 1 aromatic rings. The molecule has 0 spiro atoms. The molecule has 0 heterocycles. The molecule has 0 aliphatic rings.